The van der Waals surface area contributed by atoms with Crippen molar-refractivity contribution in [2.24, 2.45) is 11.8 Å². The van der Waals surface area contributed by atoms with Gasteiger partial charge < -0.3 is 34.1 Å². The number of nitrogens with zero attached hydrogens (tertiary/aromatic N) is 1. The number of hydrogen-bond acceptors (Lipinski definition) is 7. The van der Waals surface area contributed by atoms with E-state index in [1.165, 1.54) is 5.57 Å². The van der Waals surface area contributed by atoms with Crippen molar-refractivity contribution in [3.05, 3.63) is 11.6 Å². The summed E-state index contributed by atoms with van der Waals surface area (Å²) in [6.45, 7) is 9.40. The lowest BCUT2D eigenvalue weighted by molar-refractivity contribution is -0.181. The molecule has 33 heavy (non-hydrogen) atoms. The summed E-state index contributed by atoms with van der Waals surface area (Å²) in [6, 6.07) is 0. The van der Waals surface area contributed by atoms with E-state index < -0.39 is 35.5 Å². The van der Waals surface area contributed by atoms with Crippen molar-refractivity contribution < 1.29 is 38.7 Å². The Morgan fingerprint density at radius 1 is 1.33 bits per heavy atom. The van der Waals surface area contributed by atoms with Crippen LogP contribution in [0.25, 0.3) is 0 Å². The number of methoxy groups -OCH3 is 1. The summed E-state index contributed by atoms with van der Waals surface area (Å²) in [4.78, 5) is 24.9. The van der Waals surface area contributed by atoms with E-state index in [0.29, 0.717) is 32.5 Å². The highest BCUT2D eigenvalue weighted by Crippen LogP contribution is 2.54. The monoisotopic (exact) mass is 469 g/mol. The number of ether oxygens (including phenoxy) is 4. The summed E-state index contributed by atoms with van der Waals surface area (Å²) in [6.07, 6.45) is 2.51. The van der Waals surface area contributed by atoms with Crippen molar-refractivity contribution in [1.82, 2.24) is 4.90 Å². The van der Waals surface area contributed by atoms with Gasteiger partial charge in [0.2, 0.25) is 0 Å². The quantitative estimate of drug-likeness (QED) is 0.370. The van der Waals surface area contributed by atoms with Gasteiger partial charge in [-0.1, -0.05) is 18.6 Å². The van der Waals surface area contributed by atoms with Gasteiger partial charge in [0, 0.05) is 13.0 Å². The van der Waals surface area contributed by atoms with Gasteiger partial charge in [0.25, 0.3) is 0 Å². The van der Waals surface area contributed by atoms with E-state index in [9.17, 15) is 14.7 Å². The number of rotatable bonds is 10. The number of epoxide rings is 1. The molecule has 1 amide bonds. The van der Waals surface area contributed by atoms with E-state index in [2.05, 4.69) is 6.08 Å². The summed E-state index contributed by atoms with van der Waals surface area (Å²) in [5.74, 6) is -1.28. The van der Waals surface area contributed by atoms with Crippen molar-refractivity contribution in [2.75, 3.05) is 33.4 Å². The van der Waals surface area contributed by atoms with Crippen LogP contribution in [0.15, 0.2) is 11.6 Å². The third-order valence-electron chi connectivity index (χ3n) is 7.44. The van der Waals surface area contributed by atoms with Gasteiger partial charge in [0.1, 0.15) is 12.2 Å². The van der Waals surface area contributed by atoms with Gasteiger partial charge in [-0.2, -0.15) is 0 Å². The Balaban J connectivity index is 1.62. The zero-order valence-electron chi connectivity index (χ0n) is 20.4. The number of amides is 1. The lowest BCUT2D eigenvalue weighted by Gasteiger charge is -2.49. The number of carbonyl (C=O) groups is 2. The summed E-state index contributed by atoms with van der Waals surface area (Å²) in [5.41, 5.74) is -0.311. The van der Waals surface area contributed by atoms with Gasteiger partial charge in [0.05, 0.1) is 50.0 Å². The van der Waals surface area contributed by atoms with Crippen LogP contribution in [0.3, 0.4) is 0 Å². The van der Waals surface area contributed by atoms with E-state index in [1.54, 1.807) is 12.0 Å². The Morgan fingerprint density at radius 2 is 2.00 bits per heavy atom. The average Bonchev–Trinajstić information content (AvgIpc) is 3.47. The fraction of sp³-hybridized carbons (Fsp3) is 0.833. The van der Waals surface area contributed by atoms with Gasteiger partial charge in [-0.15, -0.1) is 0 Å². The second-order valence-corrected chi connectivity index (χ2v) is 10.2. The first-order chi connectivity index (χ1) is 15.5. The van der Waals surface area contributed by atoms with Gasteiger partial charge in [-0.25, -0.2) is 4.79 Å². The van der Waals surface area contributed by atoms with E-state index >= 15 is 0 Å². The molecule has 1 saturated carbocycles. The van der Waals surface area contributed by atoms with Crippen LogP contribution in [0.2, 0.25) is 0 Å². The summed E-state index contributed by atoms with van der Waals surface area (Å²) in [7, 11) is 1.59. The van der Waals surface area contributed by atoms with E-state index in [4.69, 9.17) is 24.1 Å². The molecule has 2 heterocycles. The number of hydrogen-bond donors (Lipinski definition) is 2. The van der Waals surface area contributed by atoms with E-state index in [0.717, 1.165) is 6.42 Å². The molecule has 1 unspecified atom stereocenters. The zero-order chi connectivity index (χ0) is 24.4. The number of likely N-dealkylation sites (tertiary alicyclic amines) is 1. The number of carboxylic acids is 1. The lowest BCUT2D eigenvalue weighted by atomic mass is 9.63. The maximum Gasteiger partial charge on any atom is 0.410 e. The predicted molar refractivity (Wildman–Crippen MR) is 120 cm³/mol. The second kappa shape index (κ2) is 10.3. The highest BCUT2D eigenvalue weighted by Gasteiger charge is 2.65. The number of aliphatic hydroxyl groups is 1. The average molecular weight is 470 g/mol. The normalized spacial score (nSPS) is 31.9. The molecule has 9 nitrogen and oxygen atoms in total. The summed E-state index contributed by atoms with van der Waals surface area (Å²) < 4.78 is 23.0. The summed E-state index contributed by atoms with van der Waals surface area (Å²) in [5, 5.41) is 20.4. The molecular weight excluding hydrogens is 430 g/mol. The van der Waals surface area contributed by atoms with Crippen molar-refractivity contribution in [1.29, 1.82) is 0 Å². The first-order valence-electron chi connectivity index (χ1n) is 11.8. The van der Waals surface area contributed by atoms with Crippen LogP contribution in [0.4, 0.5) is 4.79 Å². The van der Waals surface area contributed by atoms with Gasteiger partial charge in [-0.05, 0) is 46.0 Å². The topological polar surface area (TPSA) is 118 Å². The molecule has 2 N–H and O–H groups in total. The van der Waals surface area contributed by atoms with Crippen LogP contribution in [-0.2, 0) is 23.7 Å². The Hall–Kier alpha value is -1.68. The Labute approximate surface area is 196 Å². The third-order valence-corrected chi connectivity index (χ3v) is 7.44. The molecule has 1 spiro atoms. The standard InChI is InChI=1S/C24H39NO8/c1-15(2)6-7-16(3)23(4,29)21-20(30-5)18(8-10-24(21)14-32-24)33-22(28)25-12-17(13-25)31-11-9-19(26)27/h6,16-18,20-21,29H,7-14H2,1-5H3,(H,26,27)/t16?,18-,20-,21-,23+,24+/m1/s1. The molecule has 9 heteroatoms. The maximum atomic E-state index is 12.7. The van der Waals surface area contributed by atoms with Crippen LogP contribution in [0.1, 0.15) is 53.4 Å². The summed E-state index contributed by atoms with van der Waals surface area (Å²) >= 11 is 0. The third kappa shape index (κ3) is 5.88. The van der Waals surface area contributed by atoms with Crippen molar-refractivity contribution in [3.63, 3.8) is 0 Å². The number of carbonyl (C=O) groups excluding carboxylic acids is 1. The lowest BCUT2D eigenvalue weighted by Crippen LogP contribution is -2.62. The predicted octanol–water partition coefficient (Wildman–Crippen LogP) is 2.60. The van der Waals surface area contributed by atoms with E-state index in [-0.39, 0.29) is 31.0 Å². The Kier molecular flexibility index (Phi) is 8.09. The molecule has 188 valence electrons. The van der Waals surface area contributed by atoms with Crippen LogP contribution in [0, 0.1) is 11.8 Å². The van der Waals surface area contributed by atoms with Gasteiger partial charge in [-0.3, -0.25) is 4.79 Å². The molecule has 6 atom stereocenters. The minimum atomic E-state index is -1.08. The molecule has 3 rings (SSSR count). The first-order valence-corrected chi connectivity index (χ1v) is 11.8. The molecular formula is C24H39NO8. The Bertz CT molecular complexity index is 737. The molecule has 0 bridgehead atoms. The molecule has 2 aliphatic heterocycles. The number of allylic oxidation sites excluding steroid dienone is 2. The largest absolute Gasteiger partial charge is 0.481 e. The minimum absolute atomic E-state index is 0.0373. The second-order valence-electron chi connectivity index (χ2n) is 10.2. The van der Waals surface area contributed by atoms with Crippen molar-refractivity contribution >= 4 is 12.1 Å². The van der Waals surface area contributed by atoms with E-state index in [1.807, 2.05) is 27.7 Å². The molecule has 3 aliphatic rings. The fourth-order valence-electron chi connectivity index (χ4n) is 5.08. The highest BCUT2D eigenvalue weighted by molar-refractivity contribution is 5.69. The SMILES string of the molecule is CO[C@@H]1[C@H](OC(=O)N2CC(OCCC(=O)O)C2)CC[C@]2(CO2)[C@H]1[C@@](C)(O)C(C)CC=C(C)C. The molecule has 0 aromatic carbocycles. The first kappa shape index (κ1) is 25.9. The smallest absolute Gasteiger partial charge is 0.410 e. The number of carboxylic acid groups (broad SMARTS) is 1. The molecule has 0 radical (unpaired) electrons. The Morgan fingerprint density at radius 3 is 2.55 bits per heavy atom. The molecule has 2 saturated heterocycles. The van der Waals surface area contributed by atoms with Crippen LogP contribution in [-0.4, -0.2) is 90.1 Å². The van der Waals surface area contributed by atoms with Crippen LogP contribution >= 0.6 is 0 Å². The van der Waals surface area contributed by atoms with Crippen LogP contribution in [0.5, 0.6) is 0 Å². The van der Waals surface area contributed by atoms with Crippen LogP contribution < -0.4 is 0 Å². The number of aliphatic carboxylic acids is 1. The van der Waals surface area contributed by atoms with Crippen molar-refractivity contribution in [2.45, 2.75) is 82.9 Å². The molecule has 0 aromatic rings. The van der Waals surface area contributed by atoms with Crippen molar-refractivity contribution in [3.8, 4) is 0 Å². The molecule has 3 fully saturated rings. The highest BCUT2D eigenvalue weighted by atomic mass is 16.6. The molecule has 1 aliphatic carbocycles. The van der Waals surface area contributed by atoms with Gasteiger partial charge >= 0.3 is 12.1 Å². The zero-order valence-corrected chi connectivity index (χ0v) is 20.4. The fourth-order valence-corrected chi connectivity index (χ4v) is 5.08. The maximum absolute atomic E-state index is 12.7. The van der Waals surface area contributed by atoms with Gasteiger partial charge in [0.15, 0.2) is 0 Å². The molecule has 0 aromatic heterocycles. The minimum Gasteiger partial charge on any atom is -0.481 e.